The van der Waals surface area contributed by atoms with Gasteiger partial charge in [0.25, 0.3) is 11.6 Å². The van der Waals surface area contributed by atoms with Crippen LogP contribution in [0, 0.1) is 17.0 Å². The number of anilines is 1. The van der Waals surface area contributed by atoms with Crippen LogP contribution in [0.15, 0.2) is 48.8 Å². The van der Waals surface area contributed by atoms with Gasteiger partial charge in [-0.1, -0.05) is 17.7 Å². The maximum atomic E-state index is 13.2. The van der Waals surface area contributed by atoms with Gasteiger partial charge in [0.2, 0.25) is 5.95 Å². The van der Waals surface area contributed by atoms with Gasteiger partial charge in [-0.15, -0.1) is 0 Å². The first-order valence-electron chi connectivity index (χ1n) is 10.5. The monoisotopic (exact) mass is 451 g/mol. The second kappa shape index (κ2) is 9.19. The summed E-state index contributed by atoms with van der Waals surface area (Å²) in [7, 11) is 2.82. The van der Waals surface area contributed by atoms with Crippen molar-refractivity contribution in [3.05, 3.63) is 70.0 Å². The number of hydrogen-bond donors (Lipinski definition) is 0. The van der Waals surface area contributed by atoms with Gasteiger partial charge in [-0.25, -0.2) is 4.98 Å². The van der Waals surface area contributed by atoms with E-state index in [2.05, 4.69) is 9.88 Å². The minimum absolute atomic E-state index is 0.0211. The van der Waals surface area contributed by atoms with Gasteiger partial charge in [0.1, 0.15) is 5.56 Å². The number of aryl methyl sites for hydroxylation is 1. The standard InChI is InChI=1S/C23H25N5O5/c1-16-4-6-17(7-5-16)27-9-8-24-23(27)26-12-10-25(11-13-26)22(29)18-14-20(32-2)21(33-3)15-19(18)28(30)31/h4-9,14-15H,10-13H2,1-3H3. The number of nitrogens with zero attached hydrogens (tertiary/aromatic N) is 5. The summed E-state index contributed by atoms with van der Waals surface area (Å²) < 4.78 is 12.4. The predicted molar refractivity (Wildman–Crippen MR) is 123 cm³/mol. The molecule has 1 amide bonds. The molecular formula is C23H25N5O5. The molecule has 0 spiro atoms. The van der Waals surface area contributed by atoms with E-state index in [0.29, 0.717) is 26.2 Å². The molecule has 33 heavy (non-hydrogen) atoms. The summed E-state index contributed by atoms with van der Waals surface area (Å²) in [4.78, 5) is 32.4. The smallest absolute Gasteiger partial charge is 0.286 e. The largest absolute Gasteiger partial charge is 0.493 e. The quantitative estimate of drug-likeness (QED) is 0.419. The minimum Gasteiger partial charge on any atom is -0.493 e. The Morgan fingerprint density at radius 3 is 2.27 bits per heavy atom. The highest BCUT2D eigenvalue weighted by Crippen LogP contribution is 2.35. The third-order valence-electron chi connectivity index (χ3n) is 5.71. The second-order valence-electron chi connectivity index (χ2n) is 7.69. The SMILES string of the molecule is COc1cc(C(=O)N2CCN(c3nccn3-c3ccc(C)cc3)CC2)c([N+](=O)[O-])cc1OC. The molecule has 0 N–H and O–H groups in total. The Kier molecular flexibility index (Phi) is 6.16. The minimum atomic E-state index is -0.580. The van der Waals surface area contributed by atoms with E-state index in [1.54, 1.807) is 11.1 Å². The molecule has 1 aromatic heterocycles. The lowest BCUT2D eigenvalue weighted by Crippen LogP contribution is -2.49. The molecule has 172 valence electrons. The van der Waals surface area contributed by atoms with Crippen LogP contribution in [0.5, 0.6) is 11.5 Å². The van der Waals surface area contributed by atoms with E-state index in [1.165, 1.54) is 31.9 Å². The van der Waals surface area contributed by atoms with Gasteiger partial charge in [-0.2, -0.15) is 0 Å². The topological polar surface area (TPSA) is 103 Å². The first-order valence-corrected chi connectivity index (χ1v) is 10.5. The summed E-state index contributed by atoms with van der Waals surface area (Å²) in [6.45, 7) is 3.96. The van der Waals surface area contributed by atoms with Crippen molar-refractivity contribution in [2.45, 2.75) is 6.92 Å². The number of imidazole rings is 1. The van der Waals surface area contributed by atoms with Crippen molar-refractivity contribution < 1.29 is 19.2 Å². The Labute approximate surface area is 191 Å². The first kappa shape index (κ1) is 22.1. The second-order valence-corrected chi connectivity index (χ2v) is 7.69. The lowest BCUT2D eigenvalue weighted by atomic mass is 10.1. The lowest BCUT2D eigenvalue weighted by Gasteiger charge is -2.35. The summed E-state index contributed by atoms with van der Waals surface area (Å²) in [5.41, 5.74) is 1.85. The molecule has 0 radical (unpaired) electrons. The summed E-state index contributed by atoms with van der Waals surface area (Å²) in [6, 6.07) is 10.8. The molecule has 4 rings (SSSR count). The molecule has 2 heterocycles. The van der Waals surface area contributed by atoms with Crippen molar-refractivity contribution in [2.24, 2.45) is 0 Å². The molecule has 3 aromatic rings. The van der Waals surface area contributed by atoms with Crippen LogP contribution in [-0.2, 0) is 0 Å². The van der Waals surface area contributed by atoms with Crippen molar-refractivity contribution >= 4 is 17.5 Å². The Morgan fingerprint density at radius 1 is 1.03 bits per heavy atom. The number of amides is 1. The van der Waals surface area contributed by atoms with Crippen molar-refractivity contribution in [1.82, 2.24) is 14.5 Å². The molecule has 1 saturated heterocycles. The summed E-state index contributed by atoms with van der Waals surface area (Å²) in [5.74, 6) is 0.853. The zero-order valence-electron chi connectivity index (χ0n) is 18.7. The van der Waals surface area contributed by atoms with Crippen LogP contribution in [0.2, 0.25) is 0 Å². The molecule has 0 aliphatic carbocycles. The fourth-order valence-corrected chi connectivity index (χ4v) is 3.91. The highest BCUT2D eigenvalue weighted by molar-refractivity contribution is 5.99. The molecule has 0 unspecified atom stereocenters. The number of ether oxygens (including phenoxy) is 2. The van der Waals surface area contributed by atoms with Crippen molar-refractivity contribution in [1.29, 1.82) is 0 Å². The van der Waals surface area contributed by atoms with Crippen LogP contribution >= 0.6 is 0 Å². The van der Waals surface area contributed by atoms with Gasteiger partial charge >= 0.3 is 0 Å². The summed E-state index contributed by atoms with van der Waals surface area (Å²) in [6.07, 6.45) is 3.66. The average molecular weight is 451 g/mol. The van der Waals surface area contributed by atoms with Crippen molar-refractivity contribution in [3.8, 4) is 17.2 Å². The van der Waals surface area contributed by atoms with Gasteiger partial charge in [-0.05, 0) is 19.1 Å². The highest BCUT2D eigenvalue weighted by atomic mass is 16.6. The van der Waals surface area contributed by atoms with E-state index in [9.17, 15) is 14.9 Å². The van der Waals surface area contributed by atoms with Crippen molar-refractivity contribution in [3.63, 3.8) is 0 Å². The Bertz CT molecular complexity index is 1170. The number of piperazine rings is 1. The van der Waals surface area contributed by atoms with Gasteiger partial charge in [0, 0.05) is 50.3 Å². The van der Waals surface area contributed by atoms with Crippen LogP contribution in [0.3, 0.4) is 0 Å². The highest BCUT2D eigenvalue weighted by Gasteiger charge is 2.30. The normalized spacial score (nSPS) is 13.7. The number of methoxy groups -OCH3 is 2. The number of aromatic nitrogens is 2. The molecular weight excluding hydrogens is 426 g/mol. The molecule has 1 aliphatic heterocycles. The van der Waals surface area contributed by atoms with E-state index in [4.69, 9.17) is 9.47 Å². The molecule has 10 heteroatoms. The fourth-order valence-electron chi connectivity index (χ4n) is 3.91. The van der Waals surface area contributed by atoms with Crippen LogP contribution < -0.4 is 14.4 Å². The van der Waals surface area contributed by atoms with E-state index >= 15 is 0 Å². The Balaban J connectivity index is 1.53. The fraction of sp³-hybridized carbons (Fsp3) is 0.304. The number of nitro groups is 1. The Hall–Kier alpha value is -4.08. The number of hydrogen-bond acceptors (Lipinski definition) is 7. The van der Waals surface area contributed by atoms with Gasteiger partial charge in [0.15, 0.2) is 11.5 Å². The van der Waals surface area contributed by atoms with Gasteiger partial charge in [-0.3, -0.25) is 19.5 Å². The maximum Gasteiger partial charge on any atom is 0.286 e. The van der Waals surface area contributed by atoms with E-state index in [0.717, 1.165) is 11.6 Å². The number of nitro benzene ring substituents is 1. The average Bonchev–Trinajstić information content (AvgIpc) is 3.33. The zero-order chi connectivity index (χ0) is 23.5. The summed E-state index contributed by atoms with van der Waals surface area (Å²) >= 11 is 0. The third kappa shape index (κ3) is 4.32. The number of carbonyl (C=O) groups is 1. The molecule has 1 fully saturated rings. The molecule has 10 nitrogen and oxygen atoms in total. The van der Waals surface area contributed by atoms with Gasteiger partial charge in [0.05, 0.1) is 25.2 Å². The number of rotatable bonds is 6. The molecule has 1 aliphatic rings. The maximum absolute atomic E-state index is 13.2. The first-order chi connectivity index (χ1) is 15.9. The van der Waals surface area contributed by atoms with E-state index in [1.807, 2.05) is 42.0 Å². The third-order valence-corrected chi connectivity index (χ3v) is 5.71. The van der Waals surface area contributed by atoms with E-state index < -0.39 is 10.8 Å². The molecule has 2 aromatic carbocycles. The van der Waals surface area contributed by atoms with E-state index in [-0.39, 0.29) is 22.7 Å². The number of benzene rings is 2. The Morgan fingerprint density at radius 2 is 1.67 bits per heavy atom. The number of carbonyl (C=O) groups excluding carboxylic acids is 1. The van der Waals surface area contributed by atoms with Crippen LogP contribution in [0.1, 0.15) is 15.9 Å². The zero-order valence-corrected chi connectivity index (χ0v) is 18.7. The molecule has 0 saturated carbocycles. The predicted octanol–water partition coefficient (Wildman–Crippen LogP) is 3.07. The molecule has 0 bridgehead atoms. The van der Waals surface area contributed by atoms with Gasteiger partial charge < -0.3 is 19.3 Å². The summed E-state index contributed by atoms with van der Waals surface area (Å²) in [5, 5.41) is 11.6. The lowest BCUT2D eigenvalue weighted by molar-refractivity contribution is -0.385. The molecule has 0 atom stereocenters. The van der Waals surface area contributed by atoms with Crippen LogP contribution in [-0.4, -0.2) is 65.7 Å². The van der Waals surface area contributed by atoms with Crippen molar-refractivity contribution in [2.75, 3.05) is 45.3 Å². The van der Waals surface area contributed by atoms with Crippen LogP contribution in [0.25, 0.3) is 5.69 Å². The van der Waals surface area contributed by atoms with Crippen LogP contribution in [0.4, 0.5) is 11.6 Å².